The number of rotatable bonds is 5. The van der Waals surface area contributed by atoms with Gasteiger partial charge in [-0.15, -0.1) is 0 Å². The molecule has 2 heterocycles. The molecule has 0 aliphatic carbocycles. The van der Waals surface area contributed by atoms with E-state index in [0.29, 0.717) is 26.2 Å². The Labute approximate surface area is 145 Å². The summed E-state index contributed by atoms with van der Waals surface area (Å²) in [6, 6.07) is 6.46. The van der Waals surface area contributed by atoms with Gasteiger partial charge < -0.3 is 14.5 Å². The van der Waals surface area contributed by atoms with Gasteiger partial charge in [-0.05, 0) is 24.1 Å². The predicted molar refractivity (Wildman–Crippen MR) is 91.1 cm³/mol. The summed E-state index contributed by atoms with van der Waals surface area (Å²) >= 11 is 0. The molecule has 0 amide bonds. The van der Waals surface area contributed by atoms with Crippen LogP contribution in [-0.2, 0) is 17.7 Å². The van der Waals surface area contributed by atoms with Gasteiger partial charge in [0.1, 0.15) is 0 Å². The lowest BCUT2D eigenvalue weighted by molar-refractivity contribution is 0.121. The first-order valence-electron chi connectivity index (χ1n) is 8.30. The van der Waals surface area contributed by atoms with Crippen molar-refractivity contribution < 1.29 is 13.9 Å². The van der Waals surface area contributed by atoms with Gasteiger partial charge in [-0.2, -0.15) is 0 Å². The Morgan fingerprint density at radius 2 is 2.32 bits per heavy atom. The van der Waals surface area contributed by atoms with Crippen molar-refractivity contribution in [1.82, 2.24) is 14.9 Å². The van der Waals surface area contributed by atoms with E-state index in [-0.39, 0.29) is 23.0 Å². The normalized spacial score (nSPS) is 18.7. The fraction of sp³-hybridized carbons (Fsp3) is 0.444. The van der Waals surface area contributed by atoms with Crippen molar-refractivity contribution >= 4 is 0 Å². The average Bonchev–Trinajstić information content (AvgIpc) is 2.81. The molecule has 134 valence electrons. The van der Waals surface area contributed by atoms with Crippen LogP contribution in [0.5, 0.6) is 5.75 Å². The van der Waals surface area contributed by atoms with Gasteiger partial charge in [-0.3, -0.25) is 9.69 Å². The van der Waals surface area contributed by atoms with Crippen LogP contribution in [0.25, 0.3) is 0 Å². The van der Waals surface area contributed by atoms with Crippen molar-refractivity contribution in [3.63, 3.8) is 0 Å². The van der Waals surface area contributed by atoms with Gasteiger partial charge in [0.25, 0.3) is 5.56 Å². The molecule has 1 fully saturated rings. The monoisotopic (exact) mass is 347 g/mol. The third-order valence-corrected chi connectivity index (χ3v) is 4.28. The van der Waals surface area contributed by atoms with Crippen LogP contribution >= 0.6 is 0 Å². The molecule has 1 saturated heterocycles. The maximum absolute atomic E-state index is 13.6. The number of hydrogen-bond donors (Lipinski definition) is 1. The van der Waals surface area contributed by atoms with Crippen LogP contribution in [0, 0.1) is 11.7 Å². The summed E-state index contributed by atoms with van der Waals surface area (Å²) in [4.78, 5) is 20.4. The number of halogens is 1. The molecule has 2 aromatic rings. The molecule has 1 aliphatic rings. The molecule has 25 heavy (non-hydrogen) atoms. The third-order valence-electron chi connectivity index (χ3n) is 4.28. The van der Waals surface area contributed by atoms with Crippen LogP contribution in [-0.4, -0.2) is 48.3 Å². The van der Waals surface area contributed by atoms with Gasteiger partial charge in [0.2, 0.25) is 0 Å². The number of hydrogen-bond acceptors (Lipinski definition) is 5. The molecule has 7 heteroatoms. The fourth-order valence-corrected chi connectivity index (χ4v) is 3.10. The largest absolute Gasteiger partial charge is 0.494 e. The van der Waals surface area contributed by atoms with E-state index in [1.807, 2.05) is 0 Å². The van der Waals surface area contributed by atoms with E-state index in [0.717, 1.165) is 24.3 Å². The van der Waals surface area contributed by atoms with Crippen LogP contribution in [0.15, 0.2) is 35.4 Å². The van der Waals surface area contributed by atoms with E-state index in [1.165, 1.54) is 25.6 Å². The number of aromatic amines is 1. The Bertz CT molecular complexity index is 765. The van der Waals surface area contributed by atoms with Gasteiger partial charge in [0.15, 0.2) is 11.6 Å². The topological polar surface area (TPSA) is 67.5 Å². The molecule has 6 nitrogen and oxygen atoms in total. The standard InChI is InChI=1S/C18H22FN3O3/c1-24-17-7-13(2-3-16(17)19)9-22-4-5-25-11-14(10-22)6-15-8-18(23)21-12-20-15/h2-3,7-8,12,14H,4-6,9-11H2,1H3,(H,20,21,23)/t14-/m1/s1. The van der Waals surface area contributed by atoms with Crippen molar-refractivity contribution in [3.05, 3.63) is 58.0 Å². The van der Waals surface area contributed by atoms with Crippen molar-refractivity contribution in [2.45, 2.75) is 13.0 Å². The zero-order valence-corrected chi connectivity index (χ0v) is 14.2. The Hall–Kier alpha value is -2.25. The number of benzene rings is 1. The molecule has 1 aliphatic heterocycles. The van der Waals surface area contributed by atoms with E-state index in [1.54, 1.807) is 12.1 Å². The van der Waals surface area contributed by atoms with Crippen molar-refractivity contribution in [3.8, 4) is 5.75 Å². The molecule has 1 aromatic carbocycles. The van der Waals surface area contributed by atoms with Crippen LogP contribution in [0.1, 0.15) is 11.3 Å². The van der Waals surface area contributed by atoms with E-state index in [4.69, 9.17) is 9.47 Å². The minimum Gasteiger partial charge on any atom is -0.494 e. The summed E-state index contributed by atoms with van der Waals surface area (Å²) in [6.07, 6.45) is 2.12. The number of nitrogens with one attached hydrogen (secondary N) is 1. The van der Waals surface area contributed by atoms with Crippen molar-refractivity contribution in [2.24, 2.45) is 5.92 Å². The molecule has 0 radical (unpaired) electrons. The van der Waals surface area contributed by atoms with E-state index >= 15 is 0 Å². The number of ether oxygens (including phenoxy) is 2. The van der Waals surface area contributed by atoms with Gasteiger partial charge in [-0.25, -0.2) is 9.37 Å². The second-order valence-corrected chi connectivity index (χ2v) is 6.25. The molecular weight excluding hydrogens is 325 g/mol. The number of aromatic nitrogens is 2. The van der Waals surface area contributed by atoms with Crippen LogP contribution in [0.2, 0.25) is 0 Å². The summed E-state index contributed by atoms with van der Waals surface area (Å²) in [5.41, 5.74) is 1.62. The Kier molecular flexibility index (Phi) is 5.78. The lowest BCUT2D eigenvalue weighted by Gasteiger charge is -2.23. The molecule has 0 bridgehead atoms. The zero-order valence-electron chi connectivity index (χ0n) is 14.2. The quantitative estimate of drug-likeness (QED) is 0.890. The SMILES string of the molecule is COc1cc(CN2CCOC[C@H](Cc3cc(=O)[nH]cn3)C2)ccc1F. The first-order valence-corrected chi connectivity index (χ1v) is 8.30. The van der Waals surface area contributed by atoms with E-state index in [2.05, 4.69) is 14.9 Å². The highest BCUT2D eigenvalue weighted by molar-refractivity contribution is 5.30. The second kappa shape index (κ2) is 8.22. The van der Waals surface area contributed by atoms with E-state index < -0.39 is 0 Å². The Balaban J connectivity index is 1.66. The third kappa shape index (κ3) is 4.87. The van der Waals surface area contributed by atoms with Crippen LogP contribution < -0.4 is 10.3 Å². The lowest BCUT2D eigenvalue weighted by Crippen LogP contribution is -2.30. The molecule has 1 N–H and O–H groups in total. The number of H-pyrrole nitrogens is 1. The summed E-state index contributed by atoms with van der Waals surface area (Å²) in [5, 5.41) is 0. The van der Waals surface area contributed by atoms with Gasteiger partial charge in [0.05, 0.1) is 26.7 Å². The number of methoxy groups -OCH3 is 1. The van der Waals surface area contributed by atoms with Crippen molar-refractivity contribution in [1.29, 1.82) is 0 Å². The van der Waals surface area contributed by atoms with Gasteiger partial charge in [-0.1, -0.05) is 6.07 Å². The summed E-state index contributed by atoms with van der Waals surface area (Å²) in [7, 11) is 1.46. The zero-order chi connectivity index (χ0) is 17.6. The summed E-state index contributed by atoms with van der Waals surface area (Å²) in [5.74, 6) is 0.149. The first kappa shape index (κ1) is 17.6. The fourth-order valence-electron chi connectivity index (χ4n) is 3.10. The minimum atomic E-state index is -0.358. The minimum absolute atomic E-state index is 0.144. The summed E-state index contributed by atoms with van der Waals surface area (Å²) in [6.45, 7) is 3.61. The first-order chi connectivity index (χ1) is 12.1. The van der Waals surface area contributed by atoms with Crippen LogP contribution in [0.4, 0.5) is 4.39 Å². The lowest BCUT2D eigenvalue weighted by atomic mass is 10.0. The predicted octanol–water partition coefficient (Wildman–Crippen LogP) is 1.61. The summed E-state index contributed by atoms with van der Waals surface area (Å²) < 4.78 is 24.3. The highest BCUT2D eigenvalue weighted by Gasteiger charge is 2.20. The highest BCUT2D eigenvalue weighted by atomic mass is 19.1. The highest BCUT2D eigenvalue weighted by Crippen LogP contribution is 2.20. The molecule has 0 spiro atoms. The van der Waals surface area contributed by atoms with Gasteiger partial charge >= 0.3 is 0 Å². The maximum Gasteiger partial charge on any atom is 0.250 e. The van der Waals surface area contributed by atoms with E-state index in [9.17, 15) is 9.18 Å². The maximum atomic E-state index is 13.6. The Morgan fingerprint density at radius 1 is 1.44 bits per heavy atom. The van der Waals surface area contributed by atoms with Gasteiger partial charge in [0, 0.05) is 37.3 Å². The molecule has 0 unspecified atom stereocenters. The van der Waals surface area contributed by atoms with Crippen LogP contribution in [0.3, 0.4) is 0 Å². The molecule has 0 saturated carbocycles. The average molecular weight is 347 g/mol. The molecule has 1 atom stereocenters. The Morgan fingerprint density at radius 3 is 3.12 bits per heavy atom. The second-order valence-electron chi connectivity index (χ2n) is 6.25. The molecule has 1 aromatic heterocycles. The van der Waals surface area contributed by atoms with Crippen molar-refractivity contribution in [2.75, 3.05) is 33.4 Å². The molecular formula is C18H22FN3O3. The molecule has 3 rings (SSSR count). The number of nitrogens with zero attached hydrogens (tertiary/aromatic N) is 2. The smallest absolute Gasteiger partial charge is 0.250 e.